The van der Waals surface area contributed by atoms with Gasteiger partial charge in [-0.15, -0.1) is 0 Å². The Balaban J connectivity index is 1.32. The van der Waals surface area contributed by atoms with Crippen LogP contribution in [0, 0.1) is 56.7 Å². The van der Waals surface area contributed by atoms with Crippen LogP contribution in [0.1, 0.15) is 125 Å². The summed E-state index contributed by atoms with van der Waals surface area (Å²) >= 11 is 0. The van der Waals surface area contributed by atoms with Gasteiger partial charge in [0.2, 0.25) is 0 Å². The van der Waals surface area contributed by atoms with Crippen LogP contribution in [0.15, 0.2) is 12.2 Å². The highest BCUT2D eigenvalue weighted by molar-refractivity contribution is 5.85. The molecule has 10 atom stereocenters. The molecular formula is C35H56O3. The van der Waals surface area contributed by atoms with E-state index in [0.29, 0.717) is 34.4 Å². The zero-order valence-corrected chi connectivity index (χ0v) is 25.5. The summed E-state index contributed by atoms with van der Waals surface area (Å²) in [7, 11) is 0. The molecule has 5 saturated carbocycles. The van der Waals surface area contributed by atoms with Crippen LogP contribution in [0.25, 0.3) is 0 Å². The number of hydrogen-bond acceptors (Lipinski definition) is 3. The Morgan fingerprint density at radius 2 is 1.68 bits per heavy atom. The Labute approximate surface area is 233 Å². The summed E-state index contributed by atoms with van der Waals surface area (Å²) in [5, 5.41) is 0. The van der Waals surface area contributed by atoms with Crippen molar-refractivity contribution in [2.24, 2.45) is 56.7 Å². The minimum absolute atomic E-state index is 0.0109. The highest BCUT2D eigenvalue weighted by Crippen LogP contribution is 2.77. The molecule has 214 valence electrons. The number of ketones is 1. The molecule has 0 bridgehead atoms. The molecule has 0 amide bonds. The Kier molecular flexibility index (Phi) is 6.63. The second-order valence-electron chi connectivity index (χ2n) is 16.3. The third-order valence-corrected chi connectivity index (χ3v) is 14.7. The van der Waals surface area contributed by atoms with Crippen LogP contribution in [0.2, 0.25) is 0 Å². The van der Waals surface area contributed by atoms with E-state index in [2.05, 4.69) is 48.1 Å². The maximum atomic E-state index is 13.1. The van der Waals surface area contributed by atoms with Gasteiger partial charge in [-0.1, -0.05) is 46.8 Å². The molecule has 3 heteroatoms. The van der Waals surface area contributed by atoms with Gasteiger partial charge in [0.05, 0.1) is 6.61 Å². The van der Waals surface area contributed by atoms with Crippen LogP contribution in [0.4, 0.5) is 0 Å². The number of allylic oxidation sites excluding steroid dienone is 1. The van der Waals surface area contributed by atoms with Crippen molar-refractivity contribution in [1.29, 1.82) is 0 Å². The number of carbonyl (C=O) groups is 1. The molecule has 0 N–H and O–H groups in total. The normalized spacial score (nSPS) is 51.9. The molecule has 6 rings (SSSR count). The molecule has 5 aliphatic carbocycles. The number of fused-ring (bicyclic) bond motifs is 7. The van der Waals surface area contributed by atoms with Gasteiger partial charge in [0, 0.05) is 18.4 Å². The number of hydrogen-bond donors (Lipinski definition) is 0. The van der Waals surface area contributed by atoms with Crippen molar-refractivity contribution < 1.29 is 14.3 Å². The van der Waals surface area contributed by atoms with Crippen LogP contribution in [-0.2, 0) is 14.3 Å². The van der Waals surface area contributed by atoms with Crippen LogP contribution < -0.4 is 0 Å². The minimum atomic E-state index is -0.164. The molecule has 0 aromatic heterocycles. The Bertz CT molecular complexity index is 962. The molecule has 3 nitrogen and oxygen atoms in total. The van der Waals surface area contributed by atoms with E-state index in [1.165, 1.54) is 69.8 Å². The molecule has 6 fully saturated rings. The Morgan fingerprint density at radius 1 is 0.895 bits per heavy atom. The minimum Gasteiger partial charge on any atom is -0.353 e. The Morgan fingerprint density at radius 3 is 2.39 bits per heavy atom. The van der Waals surface area contributed by atoms with E-state index >= 15 is 0 Å². The maximum absolute atomic E-state index is 13.1. The van der Waals surface area contributed by atoms with E-state index in [4.69, 9.17) is 9.47 Å². The van der Waals surface area contributed by atoms with Crippen molar-refractivity contribution in [2.45, 2.75) is 131 Å². The Hall–Kier alpha value is -0.670. The molecule has 2 unspecified atom stereocenters. The van der Waals surface area contributed by atoms with E-state index in [0.717, 1.165) is 44.3 Å². The second kappa shape index (κ2) is 9.17. The number of Topliss-reactive ketones (excluding diaryl/α,β-unsaturated/α-hetero) is 1. The lowest BCUT2D eigenvalue weighted by atomic mass is 9.32. The second-order valence-corrected chi connectivity index (χ2v) is 16.3. The summed E-state index contributed by atoms with van der Waals surface area (Å²) in [4.78, 5) is 13.1. The van der Waals surface area contributed by atoms with E-state index in [1.54, 1.807) is 0 Å². The van der Waals surface area contributed by atoms with Crippen molar-refractivity contribution in [3.05, 3.63) is 12.2 Å². The van der Waals surface area contributed by atoms with Crippen molar-refractivity contribution in [3.8, 4) is 0 Å². The molecule has 1 saturated heterocycles. The first-order valence-electron chi connectivity index (χ1n) is 16.3. The van der Waals surface area contributed by atoms with Crippen LogP contribution in [0.3, 0.4) is 0 Å². The van der Waals surface area contributed by atoms with Gasteiger partial charge < -0.3 is 9.47 Å². The zero-order chi connectivity index (χ0) is 27.1. The first-order valence-corrected chi connectivity index (χ1v) is 16.3. The van der Waals surface area contributed by atoms with Gasteiger partial charge in [0.1, 0.15) is 5.78 Å². The molecule has 0 aromatic rings. The molecule has 0 radical (unpaired) electrons. The van der Waals surface area contributed by atoms with Gasteiger partial charge >= 0.3 is 0 Å². The standard InChI is InChI=1S/C35H56O3/c1-23(2)24-13-18-35(22-38-29-10-8-9-21-37-29)20-19-33(6)25(30(24)35)11-12-27-32(5)16-15-28(36)31(3,4)26(32)14-17-34(27,33)7/h24-27,29-30H,1,8-22H2,2-7H3/t24-,25+,26-,27+,29?,30?,32-,33+,34+,35+/m0/s1. The smallest absolute Gasteiger partial charge is 0.157 e. The van der Waals surface area contributed by atoms with Gasteiger partial charge in [0.15, 0.2) is 6.29 Å². The number of ether oxygens (including phenoxy) is 2. The van der Waals surface area contributed by atoms with Gasteiger partial charge in [-0.25, -0.2) is 0 Å². The van der Waals surface area contributed by atoms with Crippen molar-refractivity contribution in [1.82, 2.24) is 0 Å². The summed E-state index contributed by atoms with van der Waals surface area (Å²) in [5.41, 5.74) is 2.52. The summed E-state index contributed by atoms with van der Waals surface area (Å²) < 4.78 is 12.7. The lowest BCUT2D eigenvalue weighted by molar-refractivity contribution is -0.245. The maximum Gasteiger partial charge on any atom is 0.157 e. The average molecular weight is 525 g/mol. The van der Waals surface area contributed by atoms with Gasteiger partial charge in [0.25, 0.3) is 0 Å². The molecular weight excluding hydrogens is 468 g/mol. The number of carbonyl (C=O) groups excluding carboxylic acids is 1. The highest BCUT2D eigenvalue weighted by Gasteiger charge is 2.70. The fourth-order valence-corrected chi connectivity index (χ4v) is 12.4. The van der Waals surface area contributed by atoms with Crippen LogP contribution in [-0.4, -0.2) is 25.3 Å². The summed E-state index contributed by atoms with van der Waals surface area (Å²) in [6.45, 7) is 21.2. The van der Waals surface area contributed by atoms with Crippen molar-refractivity contribution >= 4 is 5.78 Å². The molecule has 0 spiro atoms. The SMILES string of the molecule is C=C(C)[C@@H]1CC[C@]2(COC3CCCCO3)CC[C@]3(C)[C@H](CC[C@@H]4[C@@]5(C)CCC(=O)C(C)(C)[C@@H]5CC[C@]43C)C12. The fourth-order valence-electron chi connectivity index (χ4n) is 12.4. The van der Waals surface area contributed by atoms with E-state index in [-0.39, 0.29) is 22.5 Å². The van der Waals surface area contributed by atoms with E-state index in [9.17, 15) is 4.79 Å². The fraction of sp³-hybridized carbons (Fsp3) is 0.914. The van der Waals surface area contributed by atoms with Crippen molar-refractivity contribution in [2.75, 3.05) is 13.2 Å². The largest absolute Gasteiger partial charge is 0.353 e. The third kappa shape index (κ3) is 3.68. The topological polar surface area (TPSA) is 35.5 Å². The lowest BCUT2D eigenvalue weighted by Crippen LogP contribution is -2.66. The predicted molar refractivity (Wildman–Crippen MR) is 154 cm³/mol. The molecule has 6 aliphatic rings. The highest BCUT2D eigenvalue weighted by atomic mass is 16.7. The molecule has 0 aromatic carbocycles. The van der Waals surface area contributed by atoms with Gasteiger partial charge in [-0.2, -0.15) is 0 Å². The first-order chi connectivity index (χ1) is 17.9. The summed E-state index contributed by atoms with van der Waals surface area (Å²) in [5.74, 6) is 3.85. The van der Waals surface area contributed by atoms with Crippen LogP contribution in [0.5, 0.6) is 0 Å². The predicted octanol–water partition coefficient (Wildman–Crippen LogP) is 8.76. The van der Waals surface area contributed by atoms with E-state index in [1.807, 2.05) is 0 Å². The zero-order valence-electron chi connectivity index (χ0n) is 25.5. The first kappa shape index (κ1) is 27.5. The quantitative estimate of drug-likeness (QED) is 0.345. The van der Waals surface area contributed by atoms with Crippen molar-refractivity contribution in [3.63, 3.8) is 0 Å². The molecule has 38 heavy (non-hydrogen) atoms. The lowest BCUT2D eigenvalue weighted by Gasteiger charge is -2.72. The monoisotopic (exact) mass is 524 g/mol. The molecule has 1 heterocycles. The third-order valence-electron chi connectivity index (χ3n) is 14.7. The van der Waals surface area contributed by atoms with Gasteiger partial charge in [-0.3, -0.25) is 4.79 Å². The van der Waals surface area contributed by atoms with E-state index < -0.39 is 0 Å². The van der Waals surface area contributed by atoms with Crippen LogP contribution >= 0.6 is 0 Å². The molecule has 1 aliphatic heterocycles. The number of rotatable bonds is 4. The summed E-state index contributed by atoms with van der Waals surface area (Å²) in [6, 6.07) is 0. The average Bonchev–Trinajstić information content (AvgIpc) is 3.27. The van der Waals surface area contributed by atoms with Gasteiger partial charge in [-0.05, 0) is 135 Å². The summed E-state index contributed by atoms with van der Waals surface area (Å²) in [6.07, 6.45) is 15.8.